The quantitative estimate of drug-likeness (QED) is 0.505. The van der Waals surface area contributed by atoms with Crippen LogP contribution in [0.15, 0.2) is 58.7 Å². The van der Waals surface area contributed by atoms with Crippen LogP contribution in [0.2, 0.25) is 0 Å². The lowest BCUT2D eigenvalue weighted by Gasteiger charge is -2.09. The molecule has 2 aromatic carbocycles. The van der Waals surface area contributed by atoms with Crippen molar-refractivity contribution in [2.45, 2.75) is 19.9 Å². The summed E-state index contributed by atoms with van der Waals surface area (Å²) in [7, 11) is 1.62. The summed E-state index contributed by atoms with van der Waals surface area (Å²) in [6.07, 6.45) is 0.740. The summed E-state index contributed by atoms with van der Waals surface area (Å²) >= 11 is 1.33. The molecule has 30 heavy (non-hydrogen) atoms. The number of anilines is 1. The zero-order chi connectivity index (χ0) is 21.1. The molecule has 152 valence electrons. The zero-order valence-electron chi connectivity index (χ0n) is 16.6. The molecule has 0 unspecified atom stereocenters. The van der Waals surface area contributed by atoms with Crippen LogP contribution >= 0.6 is 11.3 Å². The highest BCUT2D eigenvalue weighted by Gasteiger charge is 2.18. The maximum absolute atomic E-state index is 13.0. The van der Waals surface area contributed by atoms with E-state index in [2.05, 4.69) is 15.4 Å². The molecule has 4 rings (SSSR count). The lowest BCUT2D eigenvalue weighted by atomic mass is 10.1. The van der Waals surface area contributed by atoms with E-state index in [-0.39, 0.29) is 11.3 Å². The summed E-state index contributed by atoms with van der Waals surface area (Å²) in [6.45, 7) is 2.40. The van der Waals surface area contributed by atoms with Crippen molar-refractivity contribution in [1.82, 2.24) is 14.8 Å². The second kappa shape index (κ2) is 8.46. The molecule has 0 bridgehead atoms. The van der Waals surface area contributed by atoms with Crippen molar-refractivity contribution < 1.29 is 9.53 Å². The molecule has 1 N–H and O–H groups in total. The van der Waals surface area contributed by atoms with Gasteiger partial charge in [-0.2, -0.15) is 5.10 Å². The standard InChI is InChI=1S/C22H20N4O3S/c1-3-12-26-21(28)17-7-5-4-6-16(17)19(25-26)20(27)24-22-23-18(13-30-22)14-8-10-15(29-2)11-9-14/h4-11,13H,3,12H2,1-2H3,(H,23,24,27). The first-order chi connectivity index (χ1) is 14.6. The molecule has 2 heterocycles. The van der Waals surface area contributed by atoms with Crippen LogP contribution < -0.4 is 15.6 Å². The van der Waals surface area contributed by atoms with E-state index in [1.54, 1.807) is 31.4 Å². The Bertz CT molecular complexity index is 1260. The first-order valence-corrected chi connectivity index (χ1v) is 10.4. The van der Waals surface area contributed by atoms with Crippen LogP contribution in [0, 0.1) is 0 Å². The molecule has 0 aliphatic rings. The minimum Gasteiger partial charge on any atom is -0.497 e. The third kappa shape index (κ3) is 3.81. The average Bonchev–Trinajstić information content (AvgIpc) is 3.24. The van der Waals surface area contributed by atoms with E-state index in [0.717, 1.165) is 23.4 Å². The Hall–Kier alpha value is -3.52. The molecular formula is C22H20N4O3S. The van der Waals surface area contributed by atoms with E-state index in [1.165, 1.54) is 16.0 Å². The van der Waals surface area contributed by atoms with Gasteiger partial charge in [-0.25, -0.2) is 9.67 Å². The highest BCUT2D eigenvalue weighted by Crippen LogP contribution is 2.27. The van der Waals surface area contributed by atoms with Crippen LogP contribution in [0.4, 0.5) is 5.13 Å². The Kier molecular flexibility index (Phi) is 5.58. The maximum atomic E-state index is 13.0. The Morgan fingerprint density at radius 3 is 2.57 bits per heavy atom. The molecule has 0 aliphatic carbocycles. The van der Waals surface area contributed by atoms with Gasteiger partial charge in [0.05, 0.1) is 18.2 Å². The van der Waals surface area contributed by atoms with Crippen molar-refractivity contribution in [2.75, 3.05) is 12.4 Å². The summed E-state index contributed by atoms with van der Waals surface area (Å²) in [4.78, 5) is 30.1. The van der Waals surface area contributed by atoms with Gasteiger partial charge in [0.25, 0.3) is 11.5 Å². The van der Waals surface area contributed by atoms with Crippen LogP contribution in [0.3, 0.4) is 0 Å². The molecule has 0 saturated heterocycles. The van der Waals surface area contributed by atoms with Crippen LogP contribution in [-0.4, -0.2) is 27.8 Å². The van der Waals surface area contributed by atoms with Crippen LogP contribution in [0.1, 0.15) is 23.8 Å². The number of rotatable bonds is 6. The number of benzene rings is 2. The normalized spacial score (nSPS) is 10.9. The fourth-order valence-corrected chi connectivity index (χ4v) is 3.86. The number of nitrogens with one attached hydrogen (secondary N) is 1. The zero-order valence-corrected chi connectivity index (χ0v) is 17.4. The molecule has 7 nitrogen and oxygen atoms in total. The minimum atomic E-state index is -0.397. The van der Waals surface area contributed by atoms with Crippen molar-refractivity contribution in [1.29, 1.82) is 0 Å². The van der Waals surface area contributed by atoms with Gasteiger partial charge in [0.1, 0.15) is 5.75 Å². The third-order valence-electron chi connectivity index (χ3n) is 4.63. The van der Waals surface area contributed by atoms with Crippen LogP contribution in [0.5, 0.6) is 5.75 Å². The number of aromatic nitrogens is 3. The highest BCUT2D eigenvalue weighted by atomic mass is 32.1. The topological polar surface area (TPSA) is 86.1 Å². The summed E-state index contributed by atoms with van der Waals surface area (Å²) in [5.74, 6) is 0.370. The lowest BCUT2D eigenvalue weighted by Crippen LogP contribution is -2.27. The summed E-state index contributed by atoms with van der Waals surface area (Å²) < 4.78 is 6.53. The Labute approximate surface area is 177 Å². The third-order valence-corrected chi connectivity index (χ3v) is 5.39. The molecule has 0 spiro atoms. The second-order valence-electron chi connectivity index (χ2n) is 6.64. The number of hydrogen-bond acceptors (Lipinski definition) is 6. The number of hydrogen-bond donors (Lipinski definition) is 1. The predicted octanol–water partition coefficient (Wildman–Crippen LogP) is 4.19. The molecule has 0 radical (unpaired) electrons. The summed E-state index contributed by atoms with van der Waals surface area (Å²) in [6, 6.07) is 14.6. The van der Waals surface area contributed by atoms with Crippen molar-refractivity contribution in [2.24, 2.45) is 0 Å². The Balaban J connectivity index is 1.64. The van der Waals surface area contributed by atoms with Gasteiger partial charge in [-0.05, 0) is 36.8 Å². The molecular weight excluding hydrogens is 400 g/mol. The molecule has 4 aromatic rings. The van der Waals surface area contributed by atoms with E-state index in [9.17, 15) is 9.59 Å². The van der Waals surface area contributed by atoms with Gasteiger partial charge < -0.3 is 4.74 Å². The fraction of sp³-hybridized carbons (Fsp3) is 0.182. The second-order valence-corrected chi connectivity index (χ2v) is 7.50. The monoisotopic (exact) mass is 420 g/mol. The van der Waals surface area contributed by atoms with Crippen molar-refractivity contribution >= 4 is 33.1 Å². The van der Waals surface area contributed by atoms with E-state index in [0.29, 0.717) is 22.4 Å². The molecule has 1 amide bonds. The SMILES string of the molecule is CCCn1nc(C(=O)Nc2nc(-c3ccc(OC)cc3)cs2)c2ccccc2c1=O. The lowest BCUT2D eigenvalue weighted by molar-refractivity contribution is 0.102. The summed E-state index contributed by atoms with van der Waals surface area (Å²) in [5.41, 5.74) is 1.69. The minimum absolute atomic E-state index is 0.194. The molecule has 8 heteroatoms. The Morgan fingerprint density at radius 1 is 1.13 bits per heavy atom. The number of amides is 1. The number of ether oxygens (including phenoxy) is 1. The van der Waals surface area contributed by atoms with Gasteiger partial charge in [0.15, 0.2) is 10.8 Å². The van der Waals surface area contributed by atoms with E-state index in [4.69, 9.17) is 4.74 Å². The number of fused-ring (bicyclic) bond motifs is 1. The van der Waals surface area contributed by atoms with E-state index in [1.807, 2.05) is 36.6 Å². The van der Waals surface area contributed by atoms with Crippen LogP contribution in [-0.2, 0) is 6.54 Å². The molecule has 0 fully saturated rings. The summed E-state index contributed by atoms with van der Waals surface area (Å²) in [5, 5.41) is 10.5. The predicted molar refractivity (Wildman–Crippen MR) is 118 cm³/mol. The van der Waals surface area contributed by atoms with Gasteiger partial charge in [-0.3, -0.25) is 14.9 Å². The van der Waals surface area contributed by atoms with Crippen molar-refractivity contribution in [3.05, 3.63) is 70.0 Å². The van der Waals surface area contributed by atoms with Crippen molar-refractivity contribution in [3.8, 4) is 17.0 Å². The first-order valence-electron chi connectivity index (χ1n) is 9.52. The number of nitrogens with zero attached hydrogens (tertiary/aromatic N) is 3. The van der Waals surface area contributed by atoms with E-state index >= 15 is 0 Å². The smallest absolute Gasteiger partial charge is 0.278 e. The number of aryl methyl sites for hydroxylation is 1. The molecule has 0 saturated carbocycles. The molecule has 0 atom stereocenters. The number of methoxy groups -OCH3 is 1. The van der Waals surface area contributed by atoms with Gasteiger partial charge in [0, 0.05) is 22.9 Å². The van der Waals surface area contributed by atoms with Gasteiger partial charge in [0.2, 0.25) is 0 Å². The number of carbonyl (C=O) groups excluding carboxylic acids is 1. The Morgan fingerprint density at radius 2 is 1.87 bits per heavy atom. The molecule has 2 aromatic heterocycles. The number of carbonyl (C=O) groups is 1. The molecule has 0 aliphatic heterocycles. The van der Waals surface area contributed by atoms with E-state index < -0.39 is 5.91 Å². The highest BCUT2D eigenvalue weighted by molar-refractivity contribution is 7.14. The van der Waals surface area contributed by atoms with Gasteiger partial charge >= 0.3 is 0 Å². The average molecular weight is 420 g/mol. The largest absolute Gasteiger partial charge is 0.497 e. The van der Waals surface area contributed by atoms with Gasteiger partial charge in [-0.1, -0.05) is 25.1 Å². The van der Waals surface area contributed by atoms with Crippen molar-refractivity contribution in [3.63, 3.8) is 0 Å². The first kappa shape index (κ1) is 19.8. The fourth-order valence-electron chi connectivity index (χ4n) is 3.15. The van der Waals surface area contributed by atoms with Gasteiger partial charge in [-0.15, -0.1) is 11.3 Å². The van der Waals surface area contributed by atoms with Crippen LogP contribution in [0.25, 0.3) is 22.0 Å². The maximum Gasteiger partial charge on any atom is 0.278 e. The number of thiazole rings is 1.